The van der Waals surface area contributed by atoms with Crippen LogP contribution in [0.4, 0.5) is 5.69 Å². The normalized spacial score (nSPS) is 20.4. The van der Waals surface area contributed by atoms with E-state index >= 15 is 0 Å². The summed E-state index contributed by atoms with van der Waals surface area (Å²) in [5.74, 6) is 0. The van der Waals surface area contributed by atoms with Gasteiger partial charge in [0.25, 0.3) is 0 Å². The van der Waals surface area contributed by atoms with E-state index in [1.54, 1.807) is 0 Å². The summed E-state index contributed by atoms with van der Waals surface area (Å²) in [6, 6.07) is 6.61. The van der Waals surface area contributed by atoms with Crippen LogP contribution in [0.1, 0.15) is 51.6 Å². The van der Waals surface area contributed by atoms with Crippen molar-refractivity contribution in [3.05, 3.63) is 28.2 Å². The van der Waals surface area contributed by atoms with Crippen molar-refractivity contribution in [3.63, 3.8) is 0 Å². The molecule has 1 saturated heterocycles. The molecule has 0 bridgehead atoms. The summed E-state index contributed by atoms with van der Waals surface area (Å²) in [4.78, 5) is 2.49. The van der Waals surface area contributed by atoms with Crippen molar-refractivity contribution in [1.29, 1.82) is 0 Å². The first-order valence-corrected chi connectivity index (χ1v) is 8.04. The zero-order chi connectivity index (χ0) is 14.0. The highest BCUT2D eigenvalue weighted by atomic mass is 79.9. The van der Waals surface area contributed by atoms with Gasteiger partial charge >= 0.3 is 0 Å². The number of nitrogens with zero attached hydrogens (tertiary/aromatic N) is 1. The second-order valence-electron chi connectivity index (χ2n) is 6.15. The molecule has 1 aliphatic heterocycles. The van der Waals surface area contributed by atoms with Gasteiger partial charge in [-0.1, -0.05) is 26.3 Å². The highest BCUT2D eigenvalue weighted by Gasteiger charge is 2.28. The van der Waals surface area contributed by atoms with Crippen LogP contribution in [0.3, 0.4) is 0 Å². The Bertz CT molecular complexity index is 434. The van der Waals surface area contributed by atoms with Crippen molar-refractivity contribution in [2.45, 2.75) is 46.1 Å². The second-order valence-corrected chi connectivity index (χ2v) is 7.01. The quantitative estimate of drug-likeness (QED) is 0.887. The third kappa shape index (κ3) is 3.32. The highest BCUT2D eigenvalue weighted by molar-refractivity contribution is 9.10. The Labute approximate surface area is 125 Å². The maximum absolute atomic E-state index is 5.93. The Morgan fingerprint density at radius 2 is 2.00 bits per heavy atom. The molecule has 0 aromatic heterocycles. The Hall–Kier alpha value is -0.540. The molecule has 0 saturated carbocycles. The maximum atomic E-state index is 5.93. The molecule has 19 heavy (non-hydrogen) atoms. The summed E-state index contributed by atoms with van der Waals surface area (Å²) in [5, 5.41) is 0. The van der Waals surface area contributed by atoms with Gasteiger partial charge in [0.1, 0.15) is 0 Å². The van der Waals surface area contributed by atoms with Gasteiger partial charge in [-0.15, -0.1) is 0 Å². The number of halogens is 1. The first-order valence-electron chi connectivity index (χ1n) is 7.25. The minimum Gasteiger partial charge on any atom is -0.371 e. The van der Waals surface area contributed by atoms with E-state index in [9.17, 15) is 0 Å². The lowest BCUT2D eigenvalue weighted by molar-refractivity contribution is 0.238. The molecular formula is C16H25BrN2. The summed E-state index contributed by atoms with van der Waals surface area (Å²) >= 11 is 3.70. The van der Waals surface area contributed by atoms with Crippen LogP contribution in [-0.2, 0) is 0 Å². The van der Waals surface area contributed by atoms with Gasteiger partial charge in [-0.05, 0) is 58.8 Å². The lowest BCUT2D eigenvalue weighted by Crippen LogP contribution is -2.38. The molecule has 106 valence electrons. The van der Waals surface area contributed by atoms with Gasteiger partial charge in [0, 0.05) is 23.6 Å². The molecule has 3 heteroatoms. The van der Waals surface area contributed by atoms with E-state index in [1.807, 2.05) is 6.92 Å². The fraction of sp³-hybridized carbons (Fsp3) is 0.625. The van der Waals surface area contributed by atoms with Gasteiger partial charge < -0.3 is 10.6 Å². The average molecular weight is 325 g/mol. The number of piperidine rings is 1. The van der Waals surface area contributed by atoms with Crippen molar-refractivity contribution in [1.82, 2.24) is 0 Å². The smallest absolute Gasteiger partial charge is 0.0510 e. The molecule has 1 fully saturated rings. The van der Waals surface area contributed by atoms with Crippen LogP contribution < -0.4 is 10.6 Å². The molecular weight excluding hydrogens is 300 g/mol. The first-order chi connectivity index (χ1) is 8.95. The standard InChI is InChI=1S/C16H25BrN2/c1-4-16(3)7-9-19(10-8-16)15-6-5-13(12(2)18)11-14(15)17/h5-6,11-12H,4,7-10,18H2,1-3H3/t12-/m0/s1. The van der Waals surface area contributed by atoms with E-state index in [0.29, 0.717) is 5.41 Å². The molecule has 0 radical (unpaired) electrons. The molecule has 1 heterocycles. The molecule has 2 rings (SSSR count). The number of hydrogen-bond acceptors (Lipinski definition) is 2. The Morgan fingerprint density at radius 1 is 1.37 bits per heavy atom. The topological polar surface area (TPSA) is 29.3 Å². The molecule has 0 spiro atoms. The van der Waals surface area contributed by atoms with Crippen LogP contribution in [0, 0.1) is 5.41 Å². The molecule has 1 atom stereocenters. The molecule has 0 aliphatic carbocycles. The first kappa shape index (κ1) is 14.9. The van der Waals surface area contributed by atoms with Gasteiger partial charge in [0.05, 0.1) is 5.69 Å². The number of nitrogens with two attached hydrogens (primary N) is 1. The van der Waals surface area contributed by atoms with Gasteiger partial charge in [-0.25, -0.2) is 0 Å². The minimum atomic E-state index is 0.0927. The monoisotopic (exact) mass is 324 g/mol. The lowest BCUT2D eigenvalue weighted by Gasteiger charge is -2.40. The molecule has 1 aromatic carbocycles. The van der Waals surface area contributed by atoms with Crippen molar-refractivity contribution in [2.24, 2.45) is 11.1 Å². The van der Waals surface area contributed by atoms with Crippen LogP contribution >= 0.6 is 15.9 Å². The molecule has 2 nitrogen and oxygen atoms in total. The summed E-state index contributed by atoms with van der Waals surface area (Å²) < 4.78 is 1.17. The molecule has 1 aromatic rings. The van der Waals surface area contributed by atoms with Crippen LogP contribution in [0.5, 0.6) is 0 Å². The van der Waals surface area contributed by atoms with Crippen LogP contribution in [0.2, 0.25) is 0 Å². The number of benzene rings is 1. The van der Waals surface area contributed by atoms with Crippen molar-refractivity contribution in [2.75, 3.05) is 18.0 Å². The molecule has 0 amide bonds. The molecule has 1 aliphatic rings. The number of anilines is 1. The SMILES string of the molecule is CCC1(C)CCN(c2ccc([C@H](C)N)cc2Br)CC1. The Morgan fingerprint density at radius 3 is 2.47 bits per heavy atom. The summed E-state index contributed by atoms with van der Waals surface area (Å²) in [6.45, 7) is 9.05. The summed E-state index contributed by atoms with van der Waals surface area (Å²) in [7, 11) is 0. The third-order valence-electron chi connectivity index (χ3n) is 4.66. The van der Waals surface area contributed by atoms with Gasteiger partial charge in [-0.2, -0.15) is 0 Å². The van der Waals surface area contributed by atoms with E-state index in [-0.39, 0.29) is 6.04 Å². The average Bonchev–Trinajstić information content (AvgIpc) is 2.40. The van der Waals surface area contributed by atoms with Crippen LogP contribution in [-0.4, -0.2) is 13.1 Å². The second kappa shape index (κ2) is 5.84. The van der Waals surface area contributed by atoms with E-state index in [1.165, 1.54) is 35.0 Å². The largest absolute Gasteiger partial charge is 0.371 e. The minimum absolute atomic E-state index is 0.0927. The zero-order valence-corrected chi connectivity index (χ0v) is 13.8. The number of hydrogen-bond donors (Lipinski definition) is 1. The fourth-order valence-electron chi connectivity index (χ4n) is 2.70. The number of rotatable bonds is 3. The molecule has 0 unspecified atom stereocenters. The highest BCUT2D eigenvalue weighted by Crippen LogP contribution is 2.38. The third-order valence-corrected chi connectivity index (χ3v) is 5.30. The van der Waals surface area contributed by atoms with Crippen LogP contribution in [0.25, 0.3) is 0 Å². The predicted molar refractivity (Wildman–Crippen MR) is 86.6 cm³/mol. The summed E-state index contributed by atoms with van der Waals surface area (Å²) in [6.07, 6.45) is 3.85. The van der Waals surface area contributed by atoms with Gasteiger partial charge in [-0.3, -0.25) is 0 Å². The molecule has 2 N–H and O–H groups in total. The summed E-state index contributed by atoms with van der Waals surface area (Å²) in [5.41, 5.74) is 8.96. The van der Waals surface area contributed by atoms with E-state index in [4.69, 9.17) is 5.73 Å². The lowest BCUT2D eigenvalue weighted by atomic mass is 9.78. The van der Waals surface area contributed by atoms with Gasteiger partial charge in [0.2, 0.25) is 0 Å². The maximum Gasteiger partial charge on any atom is 0.0510 e. The van der Waals surface area contributed by atoms with E-state index < -0.39 is 0 Å². The predicted octanol–water partition coefficient (Wildman–Crippen LogP) is 4.49. The van der Waals surface area contributed by atoms with E-state index in [2.05, 4.69) is 52.9 Å². The zero-order valence-electron chi connectivity index (χ0n) is 12.2. The van der Waals surface area contributed by atoms with E-state index in [0.717, 1.165) is 13.1 Å². The fourth-order valence-corrected chi connectivity index (χ4v) is 3.35. The van der Waals surface area contributed by atoms with Gasteiger partial charge in [0.15, 0.2) is 0 Å². The van der Waals surface area contributed by atoms with Crippen LogP contribution in [0.15, 0.2) is 22.7 Å². The van der Waals surface area contributed by atoms with Crippen molar-refractivity contribution >= 4 is 21.6 Å². The Kier molecular flexibility index (Phi) is 4.57. The van der Waals surface area contributed by atoms with Crippen molar-refractivity contribution < 1.29 is 0 Å². The van der Waals surface area contributed by atoms with Crippen molar-refractivity contribution in [3.8, 4) is 0 Å². The Balaban J connectivity index is 2.12.